The molecule has 1 saturated carbocycles. The zero-order chi connectivity index (χ0) is 22.0. The van der Waals surface area contributed by atoms with Gasteiger partial charge in [-0.2, -0.15) is 0 Å². The number of aliphatic hydroxyl groups is 1. The van der Waals surface area contributed by atoms with E-state index in [0.29, 0.717) is 48.2 Å². The smallest absolute Gasteiger partial charge is 0.294 e. The quantitative estimate of drug-likeness (QED) is 0.516. The number of nitrogens with one attached hydrogen (secondary N) is 2. The normalized spacial score (nSPS) is 18.7. The number of aliphatic hydroxyl groups excluding tert-OH is 1. The van der Waals surface area contributed by atoms with Gasteiger partial charge in [-0.15, -0.1) is 0 Å². The Hall–Kier alpha value is -3.00. The van der Waals surface area contributed by atoms with Gasteiger partial charge in [0.15, 0.2) is 0 Å². The molecule has 2 aromatic rings. The second-order valence-electron chi connectivity index (χ2n) is 7.76. The maximum Gasteiger partial charge on any atom is 0.294 e. The summed E-state index contributed by atoms with van der Waals surface area (Å²) < 4.78 is 14.6. The standard InChI is InChI=1S/C22H26FN3O4/c1-12-18(21(29)24-15-6-4-14(23)5-7-15)13(2)26(3)19(12)20(28)22(30)25-16-8-10-17(27)11-9-16/h4-7,16-17,27H,8-11H2,1-3H3,(H,24,29)(H,25,30). The molecular weight excluding hydrogens is 389 g/mol. The Labute approximate surface area is 174 Å². The van der Waals surface area contributed by atoms with E-state index in [9.17, 15) is 23.9 Å². The third-order valence-corrected chi connectivity index (χ3v) is 5.71. The average molecular weight is 415 g/mol. The van der Waals surface area contributed by atoms with E-state index in [1.54, 1.807) is 25.5 Å². The molecule has 7 nitrogen and oxygen atoms in total. The van der Waals surface area contributed by atoms with E-state index in [1.165, 1.54) is 24.3 Å². The van der Waals surface area contributed by atoms with Crippen LogP contribution in [0.15, 0.2) is 24.3 Å². The van der Waals surface area contributed by atoms with Gasteiger partial charge in [0.1, 0.15) is 5.82 Å². The molecule has 1 aromatic heterocycles. The van der Waals surface area contributed by atoms with Crippen LogP contribution in [0.1, 0.15) is 57.8 Å². The fourth-order valence-electron chi connectivity index (χ4n) is 3.94. The van der Waals surface area contributed by atoms with Crippen molar-refractivity contribution in [1.82, 2.24) is 9.88 Å². The van der Waals surface area contributed by atoms with Gasteiger partial charge in [0.25, 0.3) is 17.6 Å². The summed E-state index contributed by atoms with van der Waals surface area (Å²) in [5.74, 6) is -2.27. The lowest BCUT2D eigenvalue weighted by Gasteiger charge is -2.25. The van der Waals surface area contributed by atoms with Crippen molar-refractivity contribution >= 4 is 23.3 Å². The highest BCUT2D eigenvalue weighted by Crippen LogP contribution is 2.24. The highest BCUT2D eigenvalue weighted by molar-refractivity contribution is 6.43. The summed E-state index contributed by atoms with van der Waals surface area (Å²) in [5.41, 5.74) is 1.84. The number of carbonyl (C=O) groups is 3. The summed E-state index contributed by atoms with van der Waals surface area (Å²) in [7, 11) is 1.63. The minimum absolute atomic E-state index is 0.146. The number of carbonyl (C=O) groups excluding carboxylic acids is 3. The maximum atomic E-state index is 13.1. The summed E-state index contributed by atoms with van der Waals surface area (Å²) in [6, 6.07) is 5.23. The van der Waals surface area contributed by atoms with E-state index in [2.05, 4.69) is 10.6 Å². The number of anilines is 1. The zero-order valence-corrected chi connectivity index (χ0v) is 17.3. The molecule has 3 N–H and O–H groups in total. The monoisotopic (exact) mass is 415 g/mol. The van der Waals surface area contributed by atoms with Crippen molar-refractivity contribution in [3.8, 4) is 0 Å². The Morgan fingerprint density at radius 2 is 1.67 bits per heavy atom. The molecule has 30 heavy (non-hydrogen) atoms. The number of amides is 2. The number of hydrogen-bond acceptors (Lipinski definition) is 4. The predicted octanol–water partition coefficient (Wildman–Crippen LogP) is 2.64. The lowest BCUT2D eigenvalue weighted by molar-refractivity contribution is -0.118. The Morgan fingerprint density at radius 3 is 2.27 bits per heavy atom. The molecular formula is C22H26FN3O4. The number of hydrogen-bond donors (Lipinski definition) is 3. The molecule has 1 aliphatic carbocycles. The van der Waals surface area contributed by atoms with Crippen molar-refractivity contribution in [2.45, 2.75) is 51.7 Å². The van der Waals surface area contributed by atoms with E-state index in [0.717, 1.165) is 0 Å². The third-order valence-electron chi connectivity index (χ3n) is 5.71. The fourth-order valence-corrected chi connectivity index (χ4v) is 3.94. The van der Waals surface area contributed by atoms with Crippen molar-refractivity contribution < 1.29 is 23.9 Å². The van der Waals surface area contributed by atoms with E-state index < -0.39 is 23.4 Å². The average Bonchev–Trinajstić information content (AvgIpc) is 2.93. The Bertz CT molecular complexity index is 973. The van der Waals surface area contributed by atoms with E-state index in [1.807, 2.05) is 0 Å². The van der Waals surface area contributed by atoms with Gasteiger partial charge in [-0.25, -0.2) is 4.39 Å². The molecule has 8 heteroatoms. The van der Waals surface area contributed by atoms with E-state index >= 15 is 0 Å². The lowest BCUT2D eigenvalue weighted by atomic mass is 9.93. The number of nitrogens with zero attached hydrogens (tertiary/aromatic N) is 1. The van der Waals surface area contributed by atoms with Gasteiger partial charge in [-0.1, -0.05) is 0 Å². The molecule has 160 valence electrons. The van der Waals surface area contributed by atoms with E-state index in [4.69, 9.17) is 0 Å². The molecule has 2 amide bonds. The minimum Gasteiger partial charge on any atom is -0.393 e. The second kappa shape index (κ2) is 8.79. The Balaban J connectivity index is 1.79. The molecule has 0 bridgehead atoms. The number of aromatic nitrogens is 1. The van der Waals surface area contributed by atoms with Gasteiger partial charge in [0.05, 0.1) is 17.4 Å². The number of ketones is 1. The van der Waals surface area contributed by atoms with Crippen LogP contribution in [0, 0.1) is 19.7 Å². The largest absolute Gasteiger partial charge is 0.393 e. The molecule has 3 rings (SSSR count). The van der Waals surface area contributed by atoms with Crippen molar-refractivity contribution in [3.63, 3.8) is 0 Å². The van der Waals surface area contributed by atoms with Crippen LogP contribution in [0.3, 0.4) is 0 Å². The molecule has 0 atom stereocenters. The summed E-state index contributed by atoms with van der Waals surface area (Å²) >= 11 is 0. The van der Waals surface area contributed by atoms with Crippen LogP contribution in [-0.2, 0) is 11.8 Å². The van der Waals surface area contributed by atoms with Crippen LogP contribution in [0.4, 0.5) is 10.1 Å². The van der Waals surface area contributed by atoms with Crippen LogP contribution in [-0.4, -0.2) is 39.4 Å². The predicted molar refractivity (Wildman–Crippen MR) is 110 cm³/mol. The van der Waals surface area contributed by atoms with Crippen LogP contribution in [0.25, 0.3) is 0 Å². The van der Waals surface area contributed by atoms with Crippen LogP contribution in [0.2, 0.25) is 0 Å². The van der Waals surface area contributed by atoms with Crippen molar-refractivity contribution in [2.75, 3.05) is 5.32 Å². The van der Waals surface area contributed by atoms with Crippen molar-refractivity contribution in [2.24, 2.45) is 7.05 Å². The summed E-state index contributed by atoms with van der Waals surface area (Å²) in [6.07, 6.45) is 2.08. The molecule has 1 fully saturated rings. The number of rotatable bonds is 5. The Morgan fingerprint density at radius 1 is 1.07 bits per heavy atom. The van der Waals surface area contributed by atoms with Crippen LogP contribution in [0.5, 0.6) is 0 Å². The summed E-state index contributed by atoms with van der Waals surface area (Å²) in [5, 5.41) is 15.0. The number of halogens is 1. The van der Waals surface area contributed by atoms with Gasteiger partial charge in [-0.05, 0) is 69.4 Å². The fraction of sp³-hybridized carbons (Fsp3) is 0.409. The molecule has 0 unspecified atom stereocenters. The molecule has 0 spiro atoms. The first-order chi connectivity index (χ1) is 14.2. The molecule has 1 aliphatic rings. The third kappa shape index (κ3) is 4.43. The minimum atomic E-state index is -0.717. The van der Waals surface area contributed by atoms with Crippen molar-refractivity contribution in [1.29, 1.82) is 0 Å². The SMILES string of the molecule is Cc1c(C(=O)Nc2ccc(F)cc2)c(C)n(C)c1C(=O)C(=O)NC1CCC(O)CC1. The molecule has 0 aliphatic heterocycles. The van der Waals surface area contributed by atoms with Crippen LogP contribution >= 0.6 is 0 Å². The lowest BCUT2D eigenvalue weighted by Crippen LogP contribution is -2.42. The summed E-state index contributed by atoms with van der Waals surface area (Å²) in [4.78, 5) is 38.2. The van der Waals surface area contributed by atoms with Crippen LogP contribution < -0.4 is 10.6 Å². The molecule has 1 aromatic carbocycles. The first-order valence-electron chi connectivity index (χ1n) is 9.95. The number of benzene rings is 1. The van der Waals surface area contributed by atoms with Gasteiger partial charge in [0.2, 0.25) is 0 Å². The Kier molecular flexibility index (Phi) is 6.36. The number of Topliss-reactive ketones (excluding diaryl/α,β-unsaturated/α-hetero) is 1. The molecule has 1 heterocycles. The highest BCUT2D eigenvalue weighted by Gasteiger charge is 2.30. The first-order valence-corrected chi connectivity index (χ1v) is 9.95. The van der Waals surface area contributed by atoms with Gasteiger partial charge < -0.3 is 20.3 Å². The topological polar surface area (TPSA) is 100 Å². The summed E-state index contributed by atoms with van der Waals surface area (Å²) in [6.45, 7) is 3.33. The maximum absolute atomic E-state index is 13.1. The molecule has 0 radical (unpaired) electrons. The second-order valence-corrected chi connectivity index (χ2v) is 7.76. The first kappa shape index (κ1) is 21.7. The van der Waals surface area contributed by atoms with E-state index in [-0.39, 0.29) is 17.8 Å². The van der Waals surface area contributed by atoms with Crippen molar-refractivity contribution in [3.05, 3.63) is 52.6 Å². The zero-order valence-electron chi connectivity index (χ0n) is 17.3. The van der Waals surface area contributed by atoms with Gasteiger partial charge in [0, 0.05) is 24.5 Å². The highest BCUT2D eigenvalue weighted by atomic mass is 19.1. The molecule has 0 saturated heterocycles. The van der Waals surface area contributed by atoms with Gasteiger partial charge >= 0.3 is 0 Å². The van der Waals surface area contributed by atoms with Gasteiger partial charge in [-0.3, -0.25) is 14.4 Å².